The van der Waals surface area contributed by atoms with Gasteiger partial charge in [-0.25, -0.2) is 0 Å². The zero-order valence-electron chi connectivity index (χ0n) is 20.3. The van der Waals surface area contributed by atoms with Crippen molar-refractivity contribution in [3.63, 3.8) is 0 Å². The van der Waals surface area contributed by atoms with Crippen LogP contribution in [-0.2, 0) is 12.6 Å². The summed E-state index contributed by atoms with van der Waals surface area (Å²) < 4.78 is 0. The summed E-state index contributed by atoms with van der Waals surface area (Å²) in [6.45, 7) is 0. The molecule has 5 aromatic rings. The van der Waals surface area contributed by atoms with Crippen LogP contribution in [0.15, 0.2) is 140 Å². The van der Waals surface area contributed by atoms with Crippen molar-refractivity contribution in [2.75, 3.05) is 0 Å². The van der Waals surface area contributed by atoms with Gasteiger partial charge in [0, 0.05) is 0 Å². The topological polar surface area (TPSA) is 17.1 Å². The van der Waals surface area contributed by atoms with Gasteiger partial charge in [0.1, 0.15) is 0 Å². The molecule has 5 rings (SSSR count). The maximum absolute atomic E-state index is 13.5. The van der Waals surface area contributed by atoms with Gasteiger partial charge in [0.25, 0.3) is 0 Å². The monoisotopic (exact) mass is 584 g/mol. The fourth-order valence-corrected chi connectivity index (χ4v) is 13.6. The van der Waals surface area contributed by atoms with Gasteiger partial charge in [0.05, 0.1) is 0 Å². The summed E-state index contributed by atoms with van der Waals surface area (Å²) in [5, 5.41) is 1.02. The Labute approximate surface area is 231 Å². The van der Waals surface area contributed by atoms with Crippen LogP contribution in [0.25, 0.3) is 0 Å². The summed E-state index contributed by atoms with van der Waals surface area (Å²) in [7, 11) is 0. The predicted molar refractivity (Wildman–Crippen MR) is 164 cm³/mol. The number of rotatable bonds is 8. The molecule has 0 fully saturated rings. The molecule has 0 heterocycles. The van der Waals surface area contributed by atoms with Crippen molar-refractivity contribution in [2.24, 2.45) is 0 Å². The Morgan fingerprint density at radius 3 is 1.68 bits per heavy atom. The third kappa shape index (κ3) is 4.94. The molecule has 4 heteroatoms. The summed E-state index contributed by atoms with van der Waals surface area (Å²) in [4.78, 5) is 13.5. The Morgan fingerprint density at radius 1 is 0.622 bits per heavy atom. The molecule has 0 spiro atoms. The van der Waals surface area contributed by atoms with E-state index in [1.807, 2.05) is 48.5 Å². The molecule has 0 bridgehead atoms. The van der Waals surface area contributed by atoms with Crippen LogP contribution >= 0.6 is 32.4 Å². The molecule has 0 aromatic heterocycles. The fraction of sp³-hybridized carbons (Fsp3) is 0.0606. The first kappa shape index (κ1) is 25.6. The van der Waals surface area contributed by atoms with Gasteiger partial charge >= 0.3 is 233 Å². The molecule has 0 saturated carbocycles. The van der Waals surface area contributed by atoms with Gasteiger partial charge < -0.3 is 0 Å². The van der Waals surface area contributed by atoms with Crippen molar-refractivity contribution in [3.8, 4) is 0 Å². The van der Waals surface area contributed by atoms with E-state index in [0.29, 0.717) is 11.4 Å². The number of carbonyl (C=O) groups excluding carboxylic acids is 1. The quantitative estimate of drug-likeness (QED) is 0.133. The Bertz CT molecular complexity index is 1460. The molecule has 0 aliphatic carbocycles. The van der Waals surface area contributed by atoms with Gasteiger partial charge in [-0.05, 0) is 0 Å². The molecule has 0 aliphatic heterocycles. The van der Waals surface area contributed by atoms with Crippen LogP contribution < -0.4 is 15.9 Å². The third-order valence-corrected chi connectivity index (χ3v) is 16.7. The summed E-state index contributed by atoms with van der Waals surface area (Å²) in [6, 6.07) is 47.4. The number of hydrogen-bond donors (Lipinski definition) is 0. The predicted octanol–water partition coefficient (Wildman–Crippen LogP) is 8.11. The van der Waals surface area contributed by atoms with Gasteiger partial charge in [-0.1, -0.05) is 0 Å². The molecule has 184 valence electrons. The minimum absolute atomic E-state index is 0.109. The van der Waals surface area contributed by atoms with Crippen molar-refractivity contribution in [2.45, 2.75) is 12.6 Å². The molecular weight excluding hydrogens is 559 g/mol. The van der Waals surface area contributed by atoms with Crippen molar-refractivity contribution < 1.29 is 4.79 Å². The van der Waals surface area contributed by atoms with Crippen LogP contribution in [0.2, 0.25) is 5.02 Å². The second-order valence-corrected chi connectivity index (χ2v) is 18.6. The number of halogens is 2. The third-order valence-electron chi connectivity index (χ3n) is 6.92. The summed E-state index contributed by atoms with van der Waals surface area (Å²) in [5.41, 5.74) is 2.94. The number of carbonyl (C=O) groups is 1. The summed E-state index contributed by atoms with van der Waals surface area (Å²) >= 11 is 10.8. The second kappa shape index (κ2) is 10.8. The molecule has 0 unspecified atom stereocenters. The normalized spacial score (nSPS) is 12.4. The fourth-order valence-electron chi connectivity index (χ4n) is 5.12. The second-order valence-electron chi connectivity index (χ2n) is 9.23. The average molecular weight is 586 g/mol. The van der Waals surface area contributed by atoms with Crippen molar-refractivity contribution in [1.29, 1.82) is 0 Å². The zero-order valence-corrected chi connectivity index (χ0v) is 23.5. The first-order valence-electron chi connectivity index (χ1n) is 12.2. The molecule has 1 nitrogen and oxygen atoms in total. The zero-order chi connectivity index (χ0) is 25.7. The number of benzene rings is 5. The van der Waals surface area contributed by atoms with E-state index in [4.69, 9.17) is 11.6 Å². The van der Waals surface area contributed by atoms with Crippen LogP contribution in [0, 0.1) is 0 Å². The van der Waals surface area contributed by atoms with E-state index >= 15 is 0 Å². The Hall–Kier alpha value is -3.03. The molecule has 37 heavy (non-hydrogen) atoms. The Balaban J connectivity index is 1.79. The standard InChI is InChI=1S/C33H27BrClOP/c34-37(30-15-6-2-7-16-30,31-17-8-3-9-18-31,25-26-20-22-29(35)23-21-26)33-19-11-10-14-28(33)24-32(36)27-12-4-1-5-13-27/h1-23H,24-25H2. The number of hydrogen-bond acceptors (Lipinski definition) is 1. The van der Waals surface area contributed by atoms with E-state index in [1.54, 1.807) is 0 Å². The summed E-state index contributed by atoms with van der Waals surface area (Å²) in [5.74, 6) is 0.109. The van der Waals surface area contributed by atoms with Crippen LogP contribution in [0.4, 0.5) is 0 Å². The summed E-state index contributed by atoms with van der Waals surface area (Å²) in [6.07, 6.45) is 1.07. The van der Waals surface area contributed by atoms with Crippen LogP contribution in [-0.4, -0.2) is 5.78 Å². The molecule has 0 N–H and O–H groups in total. The van der Waals surface area contributed by atoms with E-state index in [0.717, 1.165) is 17.3 Å². The molecule has 0 atom stereocenters. The van der Waals surface area contributed by atoms with E-state index in [-0.39, 0.29) is 5.78 Å². The van der Waals surface area contributed by atoms with E-state index in [1.165, 1.54) is 21.5 Å². The van der Waals surface area contributed by atoms with E-state index < -0.39 is 5.31 Å². The van der Waals surface area contributed by atoms with Crippen LogP contribution in [0.3, 0.4) is 0 Å². The molecule has 0 saturated heterocycles. The number of Topliss-reactive ketones (excluding diaryl/α,β-unsaturated/α-hetero) is 1. The van der Waals surface area contributed by atoms with E-state index in [9.17, 15) is 4.79 Å². The first-order chi connectivity index (χ1) is 18.0. The van der Waals surface area contributed by atoms with Gasteiger partial charge in [-0.2, -0.15) is 0 Å². The van der Waals surface area contributed by atoms with Crippen molar-refractivity contribution >= 4 is 54.1 Å². The molecule has 5 aromatic carbocycles. The SMILES string of the molecule is O=C(Cc1ccccc1P(Br)(Cc1ccc(Cl)cc1)(c1ccccc1)c1ccccc1)c1ccccc1. The van der Waals surface area contributed by atoms with Gasteiger partial charge in [-0.15, -0.1) is 0 Å². The molecule has 0 amide bonds. The van der Waals surface area contributed by atoms with Crippen LogP contribution in [0.5, 0.6) is 0 Å². The molecular formula is C33H27BrClOP. The average Bonchev–Trinajstić information content (AvgIpc) is 2.96. The van der Waals surface area contributed by atoms with Crippen molar-refractivity contribution in [3.05, 3.63) is 161 Å². The Morgan fingerprint density at radius 2 is 1.11 bits per heavy atom. The van der Waals surface area contributed by atoms with Gasteiger partial charge in [0.15, 0.2) is 0 Å². The van der Waals surface area contributed by atoms with Crippen LogP contribution in [0.1, 0.15) is 21.5 Å². The molecule has 0 aliphatic rings. The minimum atomic E-state index is -3.30. The maximum atomic E-state index is 13.5. The van der Waals surface area contributed by atoms with E-state index in [2.05, 4.69) is 106 Å². The van der Waals surface area contributed by atoms with Crippen molar-refractivity contribution in [1.82, 2.24) is 0 Å². The number of ketones is 1. The van der Waals surface area contributed by atoms with Gasteiger partial charge in [-0.3, -0.25) is 0 Å². The molecule has 0 radical (unpaired) electrons. The first-order valence-corrected chi connectivity index (χ1v) is 17.1. The Kier molecular flexibility index (Phi) is 7.45. The van der Waals surface area contributed by atoms with Gasteiger partial charge in [0.2, 0.25) is 0 Å².